The number of halogens is 2. The van der Waals surface area contributed by atoms with E-state index in [4.69, 9.17) is 9.15 Å². The van der Waals surface area contributed by atoms with Gasteiger partial charge in [-0.05, 0) is 61.7 Å². The Morgan fingerprint density at radius 2 is 2.00 bits per heavy atom. The van der Waals surface area contributed by atoms with E-state index in [2.05, 4.69) is 0 Å². The zero-order valence-corrected chi connectivity index (χ0v) is 21.5. The first-order chi connectivity index (χ1) is 17.4. The lowest BCUT2D eigenvalue weighted by Gasteiger charge is -2.62. The van der Waals surface area contributed by atoms with Crippen molar-refractivity contribution >= 4 is 34.4 Å². The fourth-order valence-electron chi connectivity index (χ4n) is 7.80. The number of fused-ring (bicyclic) bond motifs is 5. The van der Waals surface area contributed by atoms with Crippen molar-refractivity contribution in [2.75, 3.05) is 6.01 Å². The van der Waals surface area contributed by atoms with Crippen LogP contribution in [-0.2, 0) is 19.1 Å². The molecule has 4 aliphatic rings. The van der Waals surface area contributed by atoms with Crippen molar-refractivity contribution in [3.05, 3.63) is 48.0 Å². The van der Waals surface area contributed by atoms with Gasteiger partial charge in [0.25, 0.3) is 0 Å². The summed E-state index contributed by atoms with van der Waals surface area (Å²) in [5, 5.41) is 10.8. The van der Waals surface area contributed by atoms with Crippen LogP contribution in [0, 0.1) is 28.6 Å². The highest BCUT2D eigenvalue weighted by atomic mass is 32.2. The van der Waals surface area contributed by atoms with Crippen LogP contribution in [-0.4, -0.2) is 51.1 Å². The average molecular weight is 535 g/mol. The van der Waals surface area contributed by atoms with E-state index in [-0.39, 0.29) is 30.6 Å². The zero-order chi connectivity index (χ0) is 27.0. The number of Topliss-reactive ketones (excluding diaryl/α,β-unsaturated/α-hetero) is 1. The lowest BCUT2D eigenvalue weighted by Crippen LogP contribution is -2.70. The minimum Gasteiger partial charge on any atom is -0.457 e. The number of aliphatic hydroxyl groups excluding tert-OH is 1. The summed E-state index contributed by atoms with van der Waals surface area (Å²) in [6.07, 6.45) is 2.93. The molecule has 4 aliphatic carbocycles. The molecule has 0 aromatic carbocycles. The summed E-state index contributed by atoms with van der Waals surface area (Å²) in [5.74, 6) is -4.29. The smallest absolute Gasteiger partial charge is 0.375 e. The number of furan rings is 1. The van der Waals surface area contributed by atoms with Gasteiger partial charge in [0, 0.05) is 29.2 Å². The van der Waals surface area contributed by atoms with Crippen LogP contribution in [0.1, 0.15) is 50.6 Å². The third-order valence-electron chi connectivity index (χ3n) is 9.49. The largest absolute Gasteiger partial charge is 0.457 e. The predicted molar refractivity (Wildman–Crippen MR) is 129 cm³/mol. The molecule has 0 amide bonds. The topological polar surface area (TPSA) is 111 Å². The Morgan fingerprint density at radius 3 is 2.65 bits per heavy atom. The van der Waals surface area contributed by atoms with Gasteiger partial charge in [-0.25, -0.2) is 13.6 Å². The molecule has 0 bridgehead atoms. The summed E-state index contributed by atoms with van der Waals surface area (Å²) in [4.78, 5) is 52.0. The first kappa shape index (κ1) is 26.0. The number of ketones is 2. The highest BCUT2D eigenvalue weighted by molar-refractivity contribution is 8.13. The molecule has 3 fully saturated rings. The molecule has 1 aromatic heterocycles. The molecule has 198 valence electrons. The molecule has 3 saturated carbocycles. The zero-order valence-electron chi connectivity index (χ0n) is 20.7. The van der Waals surface area contributed by atoms with Crippen molar-refractivity contribution < 1.29 is 42.2 Å². The molecule has 7 nitrogen and oxygen atoms in total. The Hall–Kier alpha value is -2.59. The number of ether oxygens (including phenoxy) is 1. The number of aliphatic hydroxyl groups is 1. The standard InChI is InChI=1S/C27H28F2O7S/c1-14-9-16-17-11-19(31)18-10-15(30)6-7-24(18,2)26(17,29)21(32)12-25(16,3)27(14,23(34)37-13-28)36-22(33)20-5-4-8-35-20/h4-8,10,14,16-17,21,32H,9,11-13H2,1-3H3/t14-,16+,17+,21+,24+,25+,26+,27+/m1/s1. The third-order valence-corrected chi connectivity index (χ3v) is 10.2. The van der Waals surface area contributed by atoms with E-state index in [1.807, 2.05) is 0 Å². The maximum Gasteiger partial charge on any atom is 0.375 e. The van der Waals surface area contributed by atoms with Gasteiger partial charge in [0.15, 0.2) is 22.8 Å². The van der Waals surface area contributed by atoms with Gasteiger partial charge in [-0.15, -0.1) is 0 Å². The number of esters is 1. The minimum absolute atomic E-state index is 0.0204. The highest BCUT2D eigenvalue weighted by Gasteiger charge is 2.78. The van der Waals surface area contributed by atoms with E-state index in [0.717, 1.165) is 6.08 Å². The second-order valence-electron chi connectivity index (χ2n) is 11.0. The SMILES string of the molecule is C[C@@H]1C[C@H]2[C@@H]3CC(=O)C4=CC(=O)C=C[C@]4(C)[C@@]3(F)[C@@H](O)C[C@]2(C)[C@@]1(OC(=O)c1ccco1)C(=O)SCF. The van der Waals surface area contributed by atoms with E-state index in [9.17, 15) is 28.7 Å². The maximum atomic E-state index is 17.4. The Morgan fingerprint density at radius 1 is 1.27 bits per heavy atom. The Kier molecular flexibility index (Phi) is 5.95. The van der Waals surface area contributed by atoms with Crippen LogP contribution in [0.25, 0.3) is 0 Å². The van der Waals surface area contributed by atoms with Crippen molar-refractivity contribution in [3.63, 3.8) is 0 Å². The van der Waals surface area contributed by atoms with E-state index in [1.165, 1.54) is 37.5 Å². The van der Waals surface area contributed by atoms with Crippen LogP contribution >= 0.6 is 11.8 Å². The van der Waals surface area contributed by atoms with Crippen LogP contribution in [0.4, 0.5) is 8.78 Å². The van der Waals surface area contributed by atoms with Gasteiger partial charge < -0.3 is 14.3 Å². The fourth-order valence-corrected chi connectivity index (χ4v) is 8.59. The van der Waals surface area contributed by atoms with Crippen LogP contribution in [0.3, 0.4) is 0 Å². The van der Waals surface area contributed by atoms with Gasteiger partial charge in [0.1, 0.15) is 6.01 Å². The Bertz CT molecular complexity index is 1240. The highest BCUT2D eigenvalue weighted by Crippen LogP contribution is 2.71. The van der Waals surface area contributed by atoms with Gasteiger partial charge in [-0.2, -0.15) is 0 Å². The number of hydrogen-bond acceptors (Lipinski definition) is 8. The molecule has 1 heterocycles. The lowest BCUT2D eigenvalue weighted by atomic mass is 9.44. The molecular formula is C27H28F2O7S. The molecule has 0 spiro atoms. The summed E-state index contributed by atoms with van der Waals surface area (Å²) < 4.78 is 41.9. The van der Waals surface area contributed by atoms with Crippen molar-refractivity contribution in [2.45, 2.75) is 57.4 Å². The summed E-state index contributed by atoms with van der Waals surface area (Å²) in [7, 11) is 0. The normalized spacial score (nSPS) is 42.5. The van der Waals surface area contributed by atoms with Crippen molar-refractivity contribution in [3.8, 4) is 0 Å². The van der Waals surface area contributed by atoms with E-state index in [0.29, 0.717) is 11.8 Å². The molecular weight excluding hydrogens is 506 g/mol. The quantitative estimate of drug-likeness (QED) is 0.574. The number of alkyl halides is 2. The number of carbonyl (C=O) groups excluding carboxylic acids is 4. The van der Waals surface area contributed by atoms with Crippen LogP contribution in [0.2, 0.25) is 0 Å². The van der Waals surface area contributed by atoms with Crippen molar-refractivity contribution in [1.82, 2.24) is 0 Å². The van der Waals surface area contributed by atoms with Crippen LogP contribution in [0.15, 0.2) is 46.6 Å². The molecule has 0 saturated heterocycles. The second-order valence-corrected chi connectivity index (χ2v) is 11.9. The van der Waals surface area contributed by atoms with Crippen LogP contribution in [0.5, 0.6) is 0 Å². The van der Waals surface area contributed by atoms with Crippen molar-refractivity contribution in [1.29, 1.82) is 0 Å². The van der Waals surface area contributed by atoms with Gasteiger partial charge in [0.2, 0.25) is 10.9 Å². The molecule has 10 heteroatoms. The van der Waals surface area contributed by atoms with Gasteiger partial charge in [-0.1, -0.05) is 19.9 Å². The first-order valence-corrected chi connectivity index (χ1v) is 13.2. The molecule has 37 heavy (non-hydrogen) atoms. The van der Waals surface area contributed by atoms with Gasteiger partial charge >= 0.3 is 5.97 Å². The predicted octanol–water partition coefficient (Wildman–Crippen LogP) is 4.16. The Balaban J connectivity index is 1.64. The summed E-state index contributed by atoms with van der Waals surface area (Å²) in [6.45, 7) is 4.83. The monoisotopic (exact) mass is 534 g/mol. The number of allylic oxidation sites excluding steroid dienone is 4. The molecule has 1 N–H and O–H groups in total. The van der Waals surface area contributed by atoms with E-state index >= 15 is 4.39 Å². The van der Waals surface area contributed by atoms with E-state index < -0.39 is 74.6 Å². The first-order valence-electron chi connectivity index (χ1n) is 12.2. The number of thioether (sulfide) groups is 1. The molecule has 0 unspecified atom stereocenters. The Labute approximate surface area is 216 Å². The molecule has 1 aromatic rings. The summed E-state index contributed by atoms with van der Waals surface area (Å²) >= 11 is 0.359. The second kappa shape index (κ2) is 8.46. The van der Waals surface area contributed by atoms with Gasteiger partial charge in [-0.3, -0.25) is 14.4 Å². The fraction of sp³-hybridized carbons (Fsp3) is 0.556. The lowest BCUT2D eigenvalue weighted by molar-refractivity contribution is -0.215. The molecule has 8 atom stereocenters. The van der Waals surface area contributed by atoms with Crippen molar-refractivity contribution in [2.24, 2.45) is 28.6 Å². The molecule has 5 rings (SSSR count). The van der Waals surface area contributed by atoms with Crippen LogP contribution < -0.4 is 0 Å². The number of rotatable bonds is 4. The molecule has 0 aliphatic heterocycles. The number of hydrogen-bond donors (Lipinski definition) is 1. The third kappa shape index (κ3) is 3.21. The maximum absolute atomic E-state index is 17.4. The minimum atomic E-state index is -2.33. The summed E-state index contributed by atoms with van der Waals surface area (Å²) in [5.41, 5.74) is -7.09. The van der Waals surface area contributed by atoms with E-state index in [1.54, 1.807) is 13.8 Å². The number of carbonyl (C=O) groups is 4. The van der Waals surface area contributed by atoms with Gasteiger partial charge in [0.05, 0.1) is 17.8 Å². The average Bonchev–Trinajstić information content (AvgIpc) is 3.45. The molecule has 0 radical (unpaired) electrons. The summed E-state index contributed by atoms with van der Waals surface area (Å²) in [6, 6.07) is 1.79.